The highest BCUT2D eigenvalue weighted by Crippen LogP contribution is 2.14. The van der Waals surface area contributed by atoms with Gasteiger partial charge in [-0.25, -0.2) is 0 Å². The summed E-state index contributed by atoms with van der Waals surface area (Å²) in [7, 11) is 0. The Labute approximate surface area is 139 Å². The molecule has 0 unspecified atom stereocenters. The summed E-state index contributed by atoms with van der Waals surface area (Å²) in [4.78, 5) is 27.5. The van der Waals surface area contributed by atoms with Crippen LogP contribution < -0.4 is 10.9 Å². The molecule has 0 aliphatic carbocycles. The molecule has 2 aromatic heterocycles. The van der Waals surface area contributed by atoms with Gasteiger partial charge in [0.2, 0.25) is 5.13 Å². The predicted molar refractivity (Wildman–Crippen MR) is 91.5 cm³/mol. The Bertz CT molecular complexity index is 1000. The number of carbonyl (C=O) groups excluding carboxylic acids is 1. The van der Waals surface area contributed by atoms with Crippen molar-refractivity contribution >= 4 is 45.5 Å². The van der Waals surface area contributed by atoms with Crippen LogP contribution in [0, 0.1) is 4.77 Å². The highest BCUT2D eigenvalue weighted by Gasteiger charge is 2.11. The molecule has 1 amide bonds. The van der Waals surface area contributed by atoms with Crippen molar-refractivity contribution in [2.45, 2.75) is 6.54 Å². The van der Waals surface area contributed by atoms with Crippen LogP contribution in [0.4, 0.5) is 5.13 Å². The van der Waals surface area contributed by atoms with Crippen LogP contribution in [0.15, 0.2) is 41.2 Å². The van der Waals surface area contributed by atoms with E-state index in [9.17, 15) is 9.59 Å². The zero-order valence-corrected chi connectivity index (χ0v) is 13.4. The summed E-state index contributed by atoms with van der Waals surface area (Å²) in [5.74, 6) is -0.335. The van der Waals surface area contributed by atoms with E-state index in [1.807, 2.05) is 0 Å². The zero-order valence-electron chi connectivity index (χ0n) is 11.8. The number of H-pyrrole nitrogens is 1. The van der Waals surface area contributed by atoms with Gasteiger partial charge in [0.05, 0.1) is 10.9 Å². The second-order valence-electron chi connectivity index (χ2n) is 4.59. The Balaban J connectivity index is 2.04. The van der Waals surface area contributed by atoms with E-state index in [1.54, 1.807) is 24.3 Å². The maximum absolute atomic E-state index is 12.4. The van der Waals surface area contributed by atoms with E-state index in [1.165, 1.54) is 21.4 Å². The number of rotatable bonds is 4. The van der Waals surface area contributed by atoms with Gasteiger partial charge in [-0.2, -0.15) is 0 Å². The van der Waals surface area contributed by atoms with Crippen LogP contribution in [0.2, 0.25) is 0 Å². The standard InChI is InChI=1S/C14H11N5O2S2/c1-2-5-19-12(21)9-4-3-8(6-10(9)16-14(19)22)11(20)17-13-18-15-7-23-13/h2-4,6-7H,1,5H2,(H,16,22)(H,17,18,20). The number of fused-ring (bicyclic) bond motifs is 1. The maximum atomic E-state index is 12.4. The fraction of sp³-hybridized carbons (Fsp3) is 0.0714. The predicted octanol–water partition coefficient (Wildman–Crippen LogP) is 2.35. The molecule has 23 heavy (non-hydrogen) atoms. The molecular formula is C14H11N5O2S2. The number of hydrogen-bond donors (Lipinski definition) is 2. The molecule has 0 saturated heterocycles. The SMILES string of the molecule is C=CCn1c(=S)[nH]c2cc(C(=O)Nc3nncs3)ccc2c1=O. The summed E-state index contributed by atoms with van der Waals surface area (Å²) in [5, 5.41) is 10.9. The number of nitrogens with one attached hydrogen (secondary N) is 2. The lowest BCUT2D eigenvalue weighted by Crippen LogP contribution is -2.22. The van der Waals surface area contributed by atoms with Gasteiger partial charge in [-0.3, -0.25) is 19.5 Å². The molecule has 0 aliphatic heterocycles. The number of aromatic amines is 1. The molecule has 7 nitrogen and oxygen atoms in total. The minimum Gasteiger partial charge on any atom is -0.332 e. The van der Waals surface area contributed by atoms with Gasteiger partial charge < -0.3 is 4.98 Å². The first-order valence-corrected chi connectivity index (χ1v) is 7.84. The first-order valence-electron chi connectivity index (χ1n) is 6.55. The molecule has 3 rings (SSSR count). The maximum Gasteiger partial charge on any atom is 0.262 e. The third-order valence-corrected chi connectivity index (χ3v) is 4.07. The number of nitrogens with zero attached hydrogens (tertiary/aromatic N) is 3. The normalized spacial score (nSPS) is 10.6. The van der Waals surface area contributed by atoms with Crippen molar-refractivity contribution in [2.24, 2.45) is 0 Å². The average molecular weight is 345 g/mol. The van der Waals surface area contributed by atoms with Crippen LogP contribution in [-0.4, -0.2) is 25.7 Å². The van der Waals surface area contributed by atoms with E-state index in [4.69, 9.17) is 12.2 Å². The molecule has 116 valence electrons. The number of allylic oxidation sites excluding steroid dienone is 1. The van der Waals surface area contributed by atoms with Crippen molar-refractivity contribution in [3.63, 3.8) is 0 Å². The van der Waals surface area contributed by atoms with Crippen LogP contribution in [-0.2, 0) is 6.54 Å². The number of anilines is 1. The molecule has 1 aromatic carbocycles. The van der Waals surface area contributed by atoms with E-state index < -0.39 is 0 Å². The van der Waals surface area contributed by atoms with Gasteiger partial charge in [-0.15, -0.1) is 16.8 Å². The van der Waals surface area contributed by atoms with Crippen LogP contribution in [0.25, 0.3) is 10.9 Å². The molecule has 0 fully saturated rings. The minimum absolute atomic E-state index is 0.222. The lowest BCUT2D eigenvalue weighted by Gasteiger charge is -2.07. The molecule has 0 radical (unpaired) electrons. The molecule has 3 aromatic rings. The van der Waals surface area contributed by atoms with Crippen molar-refractivity contribution in [2.75, 3.05) is 5.32 Å². The van der Waals surface area contributed by atoms with Gasteiger partial charge in [0, 0.05) is 12.1 Å². The van der Waals surface area contributed by atoms with E-state index >= 15 is 0 Å². The van der Waals surface area contributed by atoms with Gasteiger partial charge in [-0.1, -0.05) is 17.4 Å². The van der Waals surface area contributed by atoms with Crippen molar-refractivity contribution in [1.82, 2.24) is 19.7 Å². The molecular weight excluding hydrogens is 334 g/mol. The fourth-order valence-electron chi connectivity index (χ4n) is 2.09. The summed E-state index contributed by atoms with van der Waals surface area (Å²) in [6, 6.07) is 4.76. The van der Waals surface area contributed by atoms with E-state index in [-0.39, 0.29) is 16.2 Å². The molecule has 0 spiro atoms. The third kappa shape index (κ3) is 2.96. The average Bonchev–Trinajstić information content (AvgIpc) is 3.03. The highest BCUT2D eigenvalue weighted by atomic mass is 32.1. The first kappa shape index (κ1) is 15.3. The van der Waals surface area contributed by atoms with E-state index in [0.29, 0.717) is 28.1 Å². The molecule has 0 bridgehead atoms. The van der Waals surface area contributed by atoms with Crippen molar-refractivity contribution < 1.29 is 4.79 Å². The van der Waals surface area contributed by atoms with Crippen molar-refractivity contribution in [1.29, 1.82) is 0 Å². The van der Waals surface area contributed by atoms with Crippen molar-refractivity contribution in [3.8, 4) is 0 Å². The molecule has 9 heteroatoms. The fourth-order valence-corrected chi connectivity index (χ4v) is 2.79. The van der Waals surface area contributed by atoms with Gasteiger partial charge in [0.25, 0.3) is 11.5 Å². The lowest BCUT2D eigenvalue weighted by molar-refractivity contribution is 0.102. The Morgan fingerprint density at radius 3 is 3.04 bits per heavy atom. The second-order valence-corrected chi connectivity index (χ2v) is 5.81. The Hall–Kier alpha value is -2.65. The summed E-state index contributed by atoms with van der Waals surface area (Å²) < 4.78 is 1.69. The number of amides is 1. The summed E-state index contributed by atoms with van der Waals surface area (Å²) >= 11 is 6.40. The number of benzene rings is 1. The molecule has 0 saturated carbocycles. The molecule has 2 heterocycles. The number of hydrogen-bond acceptors (Lipinski definition) is 6. The van der Waals surface area contributed by atoms with Gasteiger partial charge >= 0.3 is 0 Å². The summed E-state index contributed by atoms with van der Waals surface area (Å²) in [5.41, 5.74) is 2.19. The quantitative estimate of drug-likeness (QED) is 0.559. The number of carbonyl (C=O) groups is 1. The highest BCUT2D eigenvalue weighted by molar-refractivity contribution is 7.71. The molecule has 0 aliphatic rings. The smallest absolute Gasteiger partial charge is 0.262 e. The largest absolute Gasteiger partial charge is 0.332 e. The summed E-state index contributed by atoms with van der Waals surface area (Å²) in [6.07, 6.45) is 1.60. The monoisotopic (exact) mass is 345 g/mol. The van der Waals surface area contributed by atoms with Crippen LogP contribution in [0.5, 0.6) is 0 Å². The Morgan fingerprint density at radius 1 is 1.52 bits per heavy atom. The summed E-state index contributed by atoms with van der Waals surface area (Å²) in [6.45, 7) is 3.93. The van der Waals surface area contributed by atoms with E-state index in [2.05, 4.69) is 27.1 Å². The van der Waals surface area contributed by atoms with Crippen LogP contribution in [0.3, 0.4) is 0 Å². The zero-order chi connectivity index (χ0) is 16.4. The molecule has 2 N–H and O–H groups in total. The third-order valence-electron chi connectivity index (χ3n) is 3.14. The Morgan fingerprint density at radius 2 is 2.35 bits per heavy atom. The first-order chi connectivity index (χ1) is 11.1. The second kappa shape index (κ2) is 6.23. The van der Waals surface area contributed by atoms with Crippen molar-refractivity contribution in [3.05, 3.63) is 57.1 Å². The number of aromatic nitrogens is 4. The van der Waals surface area contributed by atoms with Gasteiger partial charge in [-0.05, 0) is 30.4 Å². The lowest BCUT2D eigenvalue weighted by atomic mass is 10.1. The van der Waals surface area contributed by atoms with Crippen LogP contribution >= 0.6 is 23.6 Å². The topological polar surface area (TPSA) is 92.7 Å². The van der Waals surface area contributed by atoms with E-state index in [0.717, 1.165) is 0 Å². The molecule has 0 atom stereocenters. The van der Waals surface area contributed by atoms with Gasteiger partial charge in [0.1, 0.15) is 5.51 Å². The minimum atomic E-state index is -0.335. The Kier molecular flexibility index (Phi) is 4.13. The van der Waals surface area contributed by atoms with Gasteiger partial charge in [0.15, 0.2) is 4.77 Å². The van der Waals surface area contributed by atoms with Crippen LogP contribution in [0.1, 0.15) is 10.4 Å².